The average molecular weight is 406 g/mol. The van der Waals surface area contributed by atoms with Gasteiger partial charge in [0.15, 0.2) is 5.11 Å². The fraction of sp³-hybridized carbons (Fsp3) is 0.0714. The second-order valence-electron chi connectivity index (χ2n) is 4.39. The zero-order valence-corrected chi connectivity index (χ0v) is 13.8. The third-order valence-corrected chi connectivity index (χ3v) is 3.41. The number of ether oxygens (including phenoxy) is 1. The maximum Gasteiger partial charge on any atom is 0.573 e. The number of nitrogens with two attached hydrogens (primary N) is 1. The van der Waals surface area contributed by atoms with Gasteiger partial charge in [-0.25, -0.2) is 0 Å². The molecule has 122 valence electrons. The van der Waals surface area contributed by atoms with Gasteiger partial charge in [-0.1, -0.05) is 0 Å². The van der Waals surface area contributed by atoms with Crippen LogP contribution < -0.4 is 21.1 Å². The number of hydrogen-bond acceptors (Lipinski definition) is 3. The molecule has 0 radical (unpaired) electrons. The quantitative estimate of drug-likeness (QED) is 0.508. The summed E-state index contributed by atoms with van der Waals surface area (Å²) < 4.78 is 40.6. The number of benzene rings is 2. The van der Waals surface area contributed by atoms with Crippen molar-refractivity contribution in [2.75, 3.05) is 16.4 Å². The summed E-state index contributed by atoms with van der Waals surface area (Å²) in [5.41, 5.74) is 7.43. The summed E-state index contributed by atoms with van der Waals surface area (Å²) in [4.78, 5) is 0. The minimum absolute atomic E-state index is 0.148. The van der Waals surface area contributed by atoms with Crippen LogP contribution in [-0.2, 0) is 0 Å². The molecule has 0 heterocycles. The van der Waals surface area contributed by atoms with Crippen molar-refractivity contribution in [1.82, 2.24) is 0 Å². The molecule has 2 rings (SSSR count). The number of nitrogens with one attached hydrogen (secondary N) is 2. The molecule has 4 N–H and O–H groups in total. The first-order chi connectivity index (χ1) is 10.7. The molecule has 23 heavy (non-hydrogen) atoms. The molecule has 0 saturated heterocycles. The zero-order chi connectivity index (χ0) is 17.0. The summed E-state index contributed by atoms with van der Waals surface area (Å²) in [6.45, 7) is 0. The van der Waals surface area contributed by atoms with Crippen molar-refractivity contribution in [2.24, 2.45) is 0 Å². The molecular formula is C14H11BrF3N3OS. The first-order valence-electron chi connectivity index (χ1n) is 6.22. The molecule has 0 bridgehead atoms. The zero-order valence-electron chi connectivity index (χ0n) is 11.4. The molecule has 0 aliphatic rings. The average Bonchev–Trinajstić information content (AvgIpc) is 2.43. The van der Waals surface area contributed by atoms with E-state index in [4.69, 9.17) is 18.0 Å². The molecule has 0 spiro atoms. The highest BCUT2D eigenvalue weighted by Crippen LogP contribution is 2.32. The molecule has 0 amide bonds. The van der Waals surface area contributed by atoms with E-state index in [2.05, 4.69) is 31.3 Å². The van der Waals surface area contributed by atoms with Crippen molar-refractivity contribution in [2.45, 2.75) is 6.36 Å². The molecular weight excluding hydrogens is 395 g/mol. The molecule has 2 aromatic carbocycles. The van der Waals surface area contributed by atoms with Crippen molar-refractivity contribution in [3.05, 3.63) is 46.9 Å². The van der Waals surface area contributed by atoms with Crippen LogP contribution in [0.15, 0.2) is 46.9 Å². The Bertz CT molecular complexity index is 707. The Morgan fingerprint density at radius 1 is 1.04 bits per heavy atom. The van der Waals surface area contributed by atoms with Crippen molar-refractivity contribution in [3.8, 4) is 5.75 Å². The van der Waals surface area contributed by atoms with E-state index in [-0.39, 0.29) is 15.3 Å². The fourth-order valence-electron chi connectivity index (χ4n) is 1.65. The van der Waals surface area contributed by atoms with E-state index in [0.29, 0.717) is 11.4 Å². The van der Waals surface area contributed by atoms with Crippen LogP contribution in [0.1, 0.15) is 0 Å². The van der Waals surface area contributed by atoms with Crippen LogP contribution >= 0.6 is 28.1 Å². The SMILES string of the molecule is Nc1ccc(NC(=S)Nc2ccc(OC(F)(F)F)c(Br)c2)cc1. The Morgan fingerprint density at radius 3 is 2.17 bits per heavy atom. The summed E-state index contributed by atoms with van der Waals surface area (Å²) in [6.07, 6.45) is -4.75. The van der Waals surface area contributed by atoms with Crippen LogP contribution in [-0.4, -0.2) is 11.5 Å². The number of halogens is 4. The van der Waals surface area contributed by atoms with Crippen LogP contribution in [0.25, 0.3) is 0 Å². The van der Waals surface area contributed by atoms with E-state index in [1.54, 1.807) is 24.3 Å². The molecule has 0 aliphatic heterocycles. The molecule has 0 fully saturated rings. The van der Waals surface area contributed by atoms with Gasteiger partial charge in [0, 0.05) is 17.1 Å². The van der Waals surface area contributed by atoms with Gasteiger partial charge in [-0.3, -0.25) is 0 Å². The summed E-state index contributed by atoms with van der Waals surface area (Å²) in [5, 5.41) is 6.07. The monoisotopic (exact) mass is 405 g/mol. The molecule has 0 atom stereocenters. The third-order valence-electron chi connectivity index (χ3n) is 2.58. The van der Waals surface area contributed by atoms with Crippen LogP contribution in [0.3, 0.4) is 0 Å². The van der Waals surface area contributed by atoms with E-state index in [9.17, 15) is 13.2 Å². The van der Waals surface area contributed by atoms with Gasteiger partial charge in [0.2, 0.25) is 0 Å². The highest BCUT2D eigenvalue weighted by Gasteiger charge is 2.31. The largest absolute Gasteiger partial charge is 0.573 e. The molecule has 0 aromatic heterocycles. The van der Waals surface area contributed by atoms with Crippen molar-refractivity contribution in [3.63, 3.8) is 0 Å². The van der Waals surface area contributed by atoms with Gasteiger partial charge < -0.3 is 21.1 Å². The van der Waals surface area contributed by atoms with E-state index in [1.807, 2.05) is 0 Å². The standard InChI is InChI=1S/C14H11BrF3N3OS/c15-11-7-10(5-6-12(11)22-14(16,17)18)21-13(23)20-9-3-1-8(19)2-4-9/h1-7H,19H2,(H2,20,21,23). The smallest absolute Gasteiger partial charge is 0.405 e. The Morgan fingerprint density at radius 2 is 1.61 bits per heavy atom. The fourth-order valence-corrected chi connectivity index (χ4v) is 2.34. The summed E-state index contributed by atoms with van der Waals surface area (Å²) in [5.74, 6) is -0.333. The number of hydrogen-bond donors (Lipinski definition) is 3. The van der Waals surface area contributed by atoms with Crippen molar-refractivity contribution in [1.29, 1.82) is 0 Å². The minimum Gasteiger partial charge on any atom is -0.405 e. The Hall–Kier alpha value is -2.00. The molecule has 0 saturated carbocycles. The lowest BCUT2D eigenvalue weighted by Gasteiger charge is -2.13. The van der Waals surface area contributed by atoms with Gasteiger partial charge in [0.05, 0.1) is 4.47 Å². The Kier molecular flexibility index (Phi) is 5.32. The van der Waals surface area contributed by atoms with E-state index in [1.165, 1.54) is 18.2 Å². The second kappa shape index (κ2) is 7.05. The lowest BCUT2D eigenvalue weighted by atomic mass is 10.3. The Labute approximate surface area is 143 Å². The predicted octanol–water partition coefficient (Wildman–Crippen LogP) is 4.74. The van der Waals surface area contributed by atoms with Crippen molar-refractivity contribution < 1.29 is 17.9 Å². The minimum atomic E-state index is -4.75. The third kappa shape index (κ3) is 5.61. The molecule has 9 heteroatoms. The number of anilines is 3. The first-order valence-corrected chi connectivity index (χ1v) is 7.42. The van der Waals surface area contributed by atoms with Gasteiger partial charge in [-0.15, -0.1) is 13.2 Å². The molecule has 0 unspecified atom stereocenters. The highest BCUT2D eigenvalue weighted by molar-refractivity contribution is 9.10. The Balaban J connectivity index is 2.01. The normalized spacial score (nSPS) is 11.0. The van der Waals surface area contributed by atoms with Gasteiger partial charge in [0.25, 0.3) is 0 Å². The highest BCUT2D eigenvalue weighted by atomic mass is 79.9. The van der Waals surface area contributed by atoms with E-state index < -0.39 is 6.36 Å². The maximum absolute atomic E-state index is 12.2. The van der Waals surface area contributed by atoms with Gasteiger partial charge in [0.1, 0.15) is 5.75 Å². The molecule has 4 nitrogen and oxygen atoms in total. The van der Waals surface area contributed by atoms with Crippen LogP contribution in [0.2, 0.25) is 0 Å². The van der Waals surface area contributed by atoms with Crippen molar-refractivity contribution >= 4 is 50.3 Å². The van der Waals surface area contributed by atoms with Crippen LogP contribution in [0, 0.1) is 0 Å². The van der Waals surface area contributed by atoms with E-state index in [0.717, 1.165) is 5.69 Å². The molecule has 2 aromatic rings. The van der Waals surface area contributed by atoms with Gasteiger partial charge >= 0.3 is 6.36 Å². The summed E-state index contributed by atoms with van der Waals surface area (Å²) in [7, 11) is 0. The number of alkyl halides is 3. The summed E-state index contributed by atoms with van der Waals surface area (Å²) in [6, 6.07) is 11.0. The number of thiocarbonyl (C=S) groups is 1. The first kappa shape index (κ1) is 17.4. The topological polar surface area (TPSA) is 59.3 Å². The van der Waals surface area contributed by atoms with Gasteiger partial charge in [-0.05, 0) is 70.6 Å². The van der Waals surface area contributed by atoms with E-state index >= 15 is 0 Å². The lowest BCUT2D eigenvalue weighted by molar-refractivity contribution is -0.274. The van der Waals surface area contributed by atoms with Crippen LogP contribution in [0.5, 0.6) is 5.75 Å². The van der Waals surface area contributed by atoms with Gasteiger partial charge in [-0.2, -0.15) is 0 Å². The number of nitrogen functional groups attached to an aromatic ring is 1. The predicted molar refractivity (Wildman–Crippen MR) is 91.5 cm³/mol. The lowest BCUT2D eigenvalue weighted by Crippen LogP contribution is -2.19. The molecule has 0 aliphatic carbocycles. The maximum atomic E-state index is 12.2. The summed E-state index contributed by atoms with van der Waals surface area (Å²) >= 11 is 8.16. The second-order valence-corrected chi connectivity index (χ2v) is 5.66. The number of rotatable bonds is 3. The van der Waals surface area contributed by atoms with Crippen LogP contribution in [0.4, 0.5) is 30.2 Å².